The quantitative estimate of drug-likeness (QED) is 0.757. The molecule has 25 heavy (non-hydrogen) atoms. The van der Waals surface area contributed by atoms with Crippen molar-refractivity contribution in [2.75, 3.05) is 0 Å². The minimum atomic E-state index is -2.47. The van der Waals surface area contributed by atoms with Crippen molar-refractivity contribution in [2.24, 2.45) is 0 Å². The second kappa shape index (κ2) is 8.30. The van der Waals surface area contributed by atoms with Crippen LogP contribution in [0.3, 0.4) is 0 Å². The first kappa shape index (κ1) is 19.9. The lowest BCUT2D eigenvalue weighted by Gasteiger charge is -2.44. The predicted molar refractivity (Wildman–Crippen MR) is 109 cm³/mol. The van der Waals surface area contributed by atoms with E-state index >= 15 is 0 Å². The summed E-state index contributed by atoms with van der Waals surface area (Å²) in [6, 6.07) is 21.4. The van der Waals surface area contributed by atoms with E-state index in [1.165, 1.54) is 10.4 Å². The van der Waals surface area contributed by atoms with E-state index in [-0.39, 0.29) is 17.2 Å². The van der Waals surface area contributed by atoms with Crippen LogP contribution in [0.1, 0.15) is 47.5 Å². The second-order valence-corrected chi connectivity index (χ2v) is 12.3. The number of hydrogen-bond donors (Lipinski definition) is 1. The van der Waals surface area contributed by atoms with Crippen molar-refractivity contribution >= 4 is 18.7 Å². The van der Waals surface area contributed by atoms with Crippen LogP contribution in [-0.2, 0) is 4.43 Å². The van der Waals surface area contributed by atoms with Crippen LogP contribution in [0.5, 0.6) is 0 Å². The van der Waals surface area contributed by atoms with Crippen molar-refractivity contribution < 1.29 is 9.53 Å². The summed E-state index contributed by atoms with van der Waals surface area (Å²) >= 11 is 0. The van der Waals surface area contributed by atoms with E-state index in [4.69, 9.17) is 4.43 Å². The van der Waals surface area contributed by atoms with Gasteiger partial charge >= 0.3 is 0 Å². The molecule has 2 rings (SSSR count). The van der Waals surface area contributed by atoms with Crippen LogP contribution in [0.2, 0.25) is 5.04 Å². The SMILES string of the molecule is CC(O)CCC(C)O[Si](c1ccccc1)(c1ccccc1)C(C)(C)C. The summed E-state index contributed by atoms with van der Waals surface area (Å²) in [5.41, 5.74) is 0. The van der Waals surface area contributed by atoms with E-state index in [0.717, 1.165) is 12.8 Å². The van der Waals surface area contributed by atoms with Crippen molar-refractivity contribution in [3.63, 3.8) is 0 Å². The summed E-state index contributed by atoms with van der Waals surface area (Å²) in [6.07, 6.45) is 1.44. The van der Waals surface area contributed by atoms with Crippen LogP contribution < -0.4 is 10.4 Å². The summed E-state index contributed by atoms with van der Waals surface area (Å²) in [4.78, 5) is 0. The molecule has 0 saturated heterocycles. The minimum Gasteiger partial charge on any atom is -0.405 e. The molecule has 136 valence electrons. The van der Waals surface area contributed by atoms with Gasteiger partial charge in [0.1, 0.15) is 0 Å². The normalized spacial score (nSPS) is 15.0. The highest BCUT2D eigenvalue weighted by Gasteiger charge is 2.50. The zero-order chi connectivity index (χ0) is 18.5. The Labute approximate surface area is 154 Å². The zero-order valence-corrected chi connectivity index (χ0v) is 17.2. The van der Waals surface area contributed by atoms with Crippen LogP contribution in [-0.4, -0.2) is 25.6 Å². The molecule has 2 unspecified atom stereocenters. The molecule has 0 amide bonds. The lowest BCUT2D eigenvalue weighted by atomic mass is 10.1. The number of aliphatic hydroxyl groups is 1. The number of rotatable bonds is 7. The molecule has 0 fully saturated rings. The van der Waals surface area contributed by atoms with Gasteiger partial charge in [0.2, 0.25) is 0 Å². The van der Waals surface area contributed by atoms with E-state index in [0.29, 0.717) is 0 Å². The first-order chi connectivity index (χ1) is 11.8. The third-order valence-corrected chi connectivity index (χ3v) is 9.95. The van der Waals surface area contributed by atoms with Gasteiger partial charge in [-0.2, -0.15) is 0 Å². The average Bonchev–Trinajstić information content (AvgIpc) is 2.58. The monoisotopic (exact) mass is 356 g/mol. The third-order valence-electron chi connectivity index (χ3n) is 4.79. The van der Waals surface area contributed by atoms with Crippen molar-refractivity contribution in [1.82, 2.24) is 0 Å². The van der Waals surface area contributed by atoms with Crippen LogP contribution in [0, 0.1) is 0 Å². The summed E-state index contributed by atoms with van der Waals surface area (Å²) in [6.45, 7) is 10.9. The Morgan fingerprint density at radius 2 is 1.28 bits per heavy atom. The van der Waals surface area contributed by atoms with Gasteiger partial charge in [-0.1, -0.05) is 81.4 Å². The zero-order valence-electron chi connectivity index (χ0n) is 16.2. The van der Waals surface area contributed by atoms with Crippen LogP contribution in [0.15, 0.2) is 60.7 Å². The molecule has 2 atom stereocenters. The van der Waals surface area contributed by atoms with Gasteiger partial charge in [-0.25, -0.2) is 0 Å². The Morgan fingerprint density at radius 1 is 0.840 bits per heavy atom. The third kappa shape index (κ3) is 4.60. The molecule has 0 aromatic heterocycles. The van der Waals surface area contributed by atoms with Crippen molar-refractivity contribution in [1.29, 1.82) is 0 Å². The first-order valence-electron chi connectivity index (χ1n) is 9.24. The molecule has 0 aliphatic carbocycles. The van der Waals surface area contributed by atoms with E-state index < -0.39 is 8.32 Å². The van der Waals surface area contributed by atoms with Crippen molar-refractivity contribution in [3.05, 3.63) is 60.7 Å². The topological polar surface area (TPSA) is 29.5 Å². The molecule has 0 aliphatic rings. The van der Waals surface area contributed by atoms with Gasteiger partial charge in [0.15, 0.2) is 0 Å². The fourth-order valence-corrected chi connectivity index (χ4v) is 8.26. The molecule has 0 heterocycles. The predicted octanol–water partition coefficient (Wildman–Crippen LogP) is 4.11. The van der Waals surface area contributed by atoms with Gasteiger partial charge in [-0.3, -0.25) is 0 Å². The molecule has 2 aromatic rings. The van der Waals surface area contributed by atoms with Crippen LogP contribution in [0.4, 0.5) is 0 Å². The van der Waals surface area contributed by atoms with E-state index in [1.807, 2.05) is 6.92 Å². The molecule has 0 radical (unpaired) electrons. The summed E-state index contributed by atoms with van der Waals surface area (Å²) in [5, 5.41) is 12.3. The molecule has 0 saturated carbocycles. The maximum atomic E-state index is 9.65. The fraction of sp³-hybridized carbons (Fsp3) is 0.455. The van der Waals surface area contributed by atoms with Gasteiger partial charge in [0, 0.05) is 6.10 Å². The second-order valence-electron chi connectivity index (χ2n) is 8.02. The average molecular weight is 357 g/mol. The number of aliphatic hydroxyl groups excluding tert-OH is 1. The fourth-order valence-electron chi connectivity index (χ4n) is 3.53. The van der Waals surface area contributed by atoms with Gasteiger partial charge in [-0.15, -0.1) is 0 Å². The maximum absolute atomic E-state index is 9.65. The Bertz CT molecular complexity index is 593. The summed E-state index contributed by atoms with van der Waals surface area (Å²) in [5.74, 6) is 0. The van der Waals surface area contributed by atoms with E-state index in [2.05, 4.69) is 88.4 Å². The van der Waals surface area contributed by atoms with Crippen molar-refractivity contribution in [3.8, 4) is 0 Å². The molecule has 2 aromatic carbocycles. The molecular weight excluding hydrogens is 324 g/mol. The highest BCUT2D eigenvalue weighted by molar-refractivity contribution is 6.99. The lowest BCUT2D eigenvalue weighted by Crippen LogP contribution is -2.67. The van der Waals surface area contributed by atoms with Crippen LogP contribution >= 0.6 is 0 Å². The highest BCUT2D eigenvalue weighted by atomic mass is 28.4. The summed E-state index contributed by atoms with van der Waals surface area (Å²) < 4.78 is 6.95. The Balaban J connectivity index is 2.53. The van der Waals surface area contributed by atoms with Crippen LogP contribution in [0.25, 0.3) is 0 Å². The minimum absolute atomic E-state index is 0.00516. The molecule has 0 aliphatic heterocycles. The molecule has 0 bridgehead atoms. The van der Waals surface area contributed by atoms with Gasteiger partial charge in [0.25, 0.3) is 8.32 Å². The Hall–Kier alpha value is -1.42. The standard InChI is InChI=1S/C22H32O2Si/c1-18(23)16-17-19(2)24-25(22(3,4)5,20-12-8-6-9-13-20)21-14-10-7-11-15-21/h6-15,18-19,23H,16-17H2,1-5H3. The van der Waals surface area contributed by atoms with Gasteiger partial charge in [-0.05, 0) is 42.1 Å². The highest BCUT2D eigenvalue weighted by Crippen LogP contribution is 2.37. The number of hydrogen-bond acceptors (Lipinski definition) is 2. The molecule has 0 spiro atoms. The smallest absolute Gasteiger partial charge is 0.261 e. The maximum Gasteiger partial charge on any atom is 0.261 e. The Kier molecular flexibility index (Phi) is 6.61. The molecule has 3 heteroatoms. The molecule has 1 N–H and O–H groups in total. The summed E-state index contributed by atoms with van der Waals surface area (Å²) in [7, 11) is -2.47. The van der Waals surface area contributed by atoms with Gasteiger partial charge < -0.3 is 9.53 Å². The number of benzene rings is 2. The van der Waals surface area contributed by atoms with E-state index in [9.17, 15) is 5.11 Å². The lowest BCUT2D eigenvalue weighted by molar-refractivity contribution is 0.140. The van der Waals surface area contributed by atoms with E-state index in [1.54, 1.807) is 0 Å². The first-order valence-corrected chi connectivity index (χ1v) is 11.1. The molecule has 2 nitrogen and oxygen atoms in total. The van der Waals surface area contributed by atoms with Gasteiger partial charge in [0.05, 0.1) is 6.10 Å². The Morgan fingerprint density at radius 3 is 1.64 bits per heavy atom. The largest absolute Gasteiger partial charge is 0.405 e. The van der Waals surface area contributed by atoms with Crippen molar-refractivity contribution in [2.45, 2.75) is 64.7 Å². The molecular formula is C22H32O2Si.